The third-order valence-electron chi connectivity index (χ3n) is 3.34. The van der Waals surface area contributed by atoms with Crippen molar-refractivity contribution in [2.24, 2.45) is 0 Å². The number of carbonyl (C=O) groups is 2. The first-order valence-electron chi connectivity index (χ1n) is 6.43. The van der Waals surface area contributed by atoms with Crippen molar-refractivity contribution in [3.8, 4) is 0 Å². The first-order chi connectivity index (χ1) is 9.45. The van der Waals surface area contributed by atoms with Gasteiger partial charge in [-0.3, -0.25) is 9.59 Å². The highest BCUT2D eigenvalue weighted by molar-refractivity contribution is 9.10. The maximum atomic E-state index is 13.6. The zero-order chi connectivity index (χ0) is 14.7. The molecule has 0 radical (unpaired) electrons. The Bertz CT molecular complexity index is 536. The van der Waals surface area contributed by atoms with Crippen LogP contribution in [0.15, 0.2) is 22.7 Å². The van der Waals surface area contributed by atoms with E-state index >= 15 is 0 Å². The molecule has 0 bridgehead atoms. The minimum Gasteiger partial charge on any atom is -0.351 e. The van der Waals surface area contributed by atoms with Gasteiger partial charge in [-0.2, -0.15) is 0 Å². The highest BCUT2D eigenvalue weighted by atomic mass is 79.9. The Kier molecular flexibility index (Phi) is 4.75. The quantitative estimate of drug-likeness (QED) is 0.907. The highest BCUT2D eigenvalue weighted by Gasteiger charge is 2.27. The van der Waals surface area contributed by atoms with E-state index in [0.29, 0.717) is 29.4 Å². The predicted molar refractivity (Wildman–Crippen MR) is 76.6 cm³/mol. The maximum absolute atomic E-state index is 13.6. The van der Waals surface area contributed by atoms with E-state index in [9.17, 15) is 14.0 Å². The number of nitrogens with zero attached hydrogens (tertiary/aromatic N) is 1. The lowest BCUT2D eigenvalue weighted by molar-refractivity contribution is -0.126. The molecular weight excluding hydrogens is 327 g/mol. The van der Waals surface area contributed by atoms with E-state index in [-0.39, 0.29) is 30.1 Å². The number of hydrogen-bond acceptors (Lipinski definition) is 2. The van der Waals surface area contributed by atoms with Gasteiger partial charge < -0.3 is 10.2 Å². The van der Waals surface area contributed by atoms with Gasteiger partial charge in [0, 0.05) is 30.9 Å². The molecule has 1 aromatic rings. The number of likely N-dealkylation sites (tertiary alicyclic amines) is 1. The second kappa shape index (κ2) is 6.35. The summed E-state index contributed by atoms with van der Waals surface area (Å²) in [5, 5.41) is 2.81. The van der Waals surface area contributed by atoms with Gasteiger partial charge in [-0.25, -0.2) is 4.39 Å². The molecular formula is C14H16BrFN2O2. The normalized spacial score (nSPS) is 18.4. The molecule has 4 nitrogen and oxygen atoms in total. The van der Waals surface area contributed by atoms with Crippen molar-refractivity contribution in [3.63, 3.8) is 0 Å². The van der Waals surface area contributed by atoms with Gasteiger partial charge in [0.2, 0.25) is 11.8 Å². The SMILES string of the molecule is CN1CC(NC(=O)CCc2ccc(Br)cc2F)CC1=O. The lowest BCUT2D eigenvalue weighted by atomic mass is 10.1. The summed E-state index contributed by atoms with van der Waals surface area (Å²) in [5.41, 5.74) is 0.517. The largest absolute Gasteiger partial charge is 0.351 e. The molecule has 2 rings (SSSR count). The molecule has 1 aliphatic heterocycles. The maximum Gasteiger partial charge on any atom is 0.224 e. The molecule has 1 aliphatic rings. The lowest BCUT2D eigenvalue weighted by Gasteiger charge is -2.12. The summed E-state index contributed by atoms with van der Waals surface area (Å²) in [6, 6.07) is 4.67. The summed E-state index contributed by atoms with van der Waals surface area (Å²) in [7, 11) is 1.71. The van der Waals surface area contributed by atoms with E-state index in [1.54, 1.807) is 24.1 Å². The second-order valence-corrected chi connectivity index (χ2v) is 5.89. The fourth-order valence-electron chi connectivity index (χ4n) is 2.23. The molecule has 1 atom stereocenters. The van der Waals surface area contributed by atoms with Crippen LogP contribution in [0.5, 0.6) is 0 Å². The van der Waals surface area contributed by atoms with Crippen LogP contribution in [0.4, 0.5) is 4.39 Å². The van der Waals surface area contributed by atoms with Gasteiger partial charge in [0.1, 0.15) is 5.82 Å². The Morgan fingerprint density at radius 3 is 2.90 bits per heavy atom. The Morgan fingerprint density at radius 2 is 2.30 bits per heavy atom. The van der Waals surface area contributed by atoms with Crippen LogP contribution in [-0.4, -0.2) is 36.3 Å². The third kappa shape index (κ3) is 3.79. The topological polar surface area (TPSA) is 49.4 Å². The van der Waals surface area contributed by atoms with E-state index < -0.39 is 0 Å². The average Bonchev–Trinajstić information content (AvgIpc) is 2.67. The van der Waals surface area contributed by atoms with Gasteiger partial charge in [-0.15, -0.1) is 0 Å². The first-order valence-corrected chi connectivity index (χ1v) is 7.22. The standard InChI is InChI=1S/C14H16BrFN2O2/c1-18-8-11(7-14(18)20)17-13(19)5-3-9-2-4-10(15)6-12(9)16/h2,4,6,11H,3,5,7-8H2,1H3,(H,17,19). The number of aryl methyl sites for hydroxylation is 1. The number of likely N-dealkylation sites (N-methyl/N-ethyl adjacent to an activating group) is 1. The van der Waals surface area contributed by atoms with Crippen LogP contribution in [0, 0.1) is 5.82 Å². The summed E-state index contributed by atoms with van der Waals surface area (Å²) < 4.78 is 14.3. The number of carbonyl (C=O) groups excluding carboxylic acids is 2. The van der Waals surface area contributed by atoms with E-state index in [2.05, 4.69) is 21.2 Å². The van der Waals surface area contributed by atoms with Crippen LogP contribution in [0.1, 0.15) is 18.4 Å². The van der Waals surface area contributed by atoms with Crippen molar-refractivity contribution in [2.45, 2.75) is 25.3 Å². The minimum atomic E-state index is -0.317. The summed E-state index contributed by atoms with van der Waals surface area (Å²) in [4.78, 5) is 24.7. The molecule has 1 heterocycles. The van der Waals surface area contributed by atoms with Gasteiger partial charge in [-0.05, 0) is 24.1 Å². The van der Waals surface area contributed by atoms with E-state index in [1.165, 1.54) is 6.07 Å². The van der Waals surface area contributed by atoms with Crippen LogP contribution >= 0.6 is 15.9 Å². The molecule has 1 fully saturated rings. The molecule has 6 heteroatoms. The first kappa shape index (κ1) is 15.0. The number of rotatable bonds is 4. The minimum absolute atomic E-state index is 0.0363. The molecule has 0 aromatic heterocycles. The van der Waals surface area contributed by atoms with E-state index in [1.807, 2.05) is 0 Å². The molecule has 2 amide bonds. The van der Waals surface area contributed by atoms with Crippen molar-refractivity contribution in [3.05, 3.63) is 34.1 Å². The van der Waals surface area contributed by atoms with Crippen molar-refractivity contribution in [1.82, 2.24) is 10.2 Å². The Labute approximate surface area is 125 Å². The second-order valence-electron chi connectivity index (χ2n) is 4.98. The lowest BCUT2D eigenvalue weighted by Crippen LogP contribution is -2.36. The molecule has 1 saturated heterocycles. The fourth-order valence-corrected chi connectivity index (χ4v) is 2.57. The zero-order valence-electron chi connectivity index (χ0n) is 11.2. The third-order valence-corrected chi connectivity index (χ3v) is 3.84. The molecule has 108 valence electrons. The van der Waals surface area contributed by atoms with Crippen molar-refractivity contribution in [2.75, 3.05) is 13.6 Å². The van der Waals surface area contributed by atoms with Gasteiger partial charge in [0.05, 0.1) is 6.04 Å². The Morgan fingerprint density at radius 1 is 1.55 bits per heavy atom. The van der Waals surface area contributed by atoms with Crippen LogP contribution in [0.25, 0.3) is 0 Å². The summed E-state index contributed by atoms with van der Waals surface area (Å²) in [6.07, 6.45) is 0.906. The number of nitrogens with one attached hydrogen (secondary N) is 1. The fraction of sp³-hybridized carbons (Fsp3) is 0.429. The molecule has 1 unspecified atom stereocenters. The molecule has 1 N–H and O–H groups in total. The zero-order valence-corrected chi connectivity index (χ0v) is 12.7. The molecule has 1 aromatic carbocycles. The molecule has 0 spiro atoms. The van der Waals surface area contributed by atoms with Crippen molar-refractivity contribution < 1.29 is 14.0 Å². The van der Waals surface area contributed by atoms with Crippen LogP contribution < -0.4 is 5.32 Å². The monoisotopic (exact) mass is 342 g/mol. The molecule has 0 aliphatic carbocycles. The van der Waals surface area contributed by atoms with Crippen LogP contribution in [-0.2, 0) is 16.0 Å². The van der Waals surface area contributed by atoms with E-state index in [0.717, 1.165) is 0 Å². The van der Waals surface area contributed by atoms with Crippen LogP contribution in [0.2, 0.25) is 0 Å². The van der Waals surface area contributed by atoms with Crippen molar-refractivity contribution in [1.29, 1.82) is 0 Å². The summed E-state index contributed by atoms with van der Waals surface area (Å²) >= 11 is 3.19. The molecule has 20 heavy (non-hydrogen) atoms. The van der Waals surface area contributed by atoms with Gasteiger partial charge in [0.15, 0.2) is 0 Å². The number of hydrogen-bond donors (Lipinski definition) is 1. The average molecular weight is 343 g/mol. The Balaban J connectivity index is 1.82. The predicted octanol–water partition coefficient (Wildman–Crippen LogP) is 1.87. The van der Waals surface area contributed by atoms with Gasteiger partial charge in [-0.1, -0.05) is 22.0 Å². The summed E-state index contributed by atoms with van der Waals surface area (Å²) in [5.74, 6) is -0.433. The number of benzene rings is 1. The van der Waals surface area contributed by atoms with Gasteiger partial charge in [0.25, 0.3) is 0 Å². The Hall–Kier alpha value is -1.43. The summed E-state index contributed by atoms with van der Waals surface area (Å²) in [6.45, 7) is 0.539. The molecule has 0 saturated carbocycles. The van der Waals surface area contributed by atoms with Crippen LogP contribution in [0.3, 0.4) is 0 Å². The smallest absolute Gasteiger partial charge is 0.224 e. The van der Waals surface area contributed by atoms with Crippen molar-refractivity contribution >= 4 is 27.7 Å². The highest BCUT2D eigenvalue weighted by Crippen LogP contribution is 2.16. The number of amides is 2. The number of halogens is 2. The van der Waals surface area contributed by atoms with E-state index in [4.69, 9.17) is 0 Å². The van der Waals surface area contributed by atoms with Gasteiger partial charge >= 0.3 is 0 Å².